The molecule has 1 atom stereocenters. The third kappa shape index (κ3) is 8.87. The van der Waals surface area contributed by atoms with Crippen LogP contribution in [0.15, 0.2) is 72.8 Å². The van der Waals surface area contributed by atoms with Crippen LogP contribution in [-0.2, 0) is 32.6 Å². The van der Waals surface area contributed by atoms with Crippen molar-refractivity contribution in [2.45, 2.75) is 57.2 Å². The van der Waals surface area contributed by atoms with Gasteiger partial charge in [-0.2, -0.15) is 0 Å². The summed E-state index contributed by atoms with van der Waals surface area (Å²) in [6, 6.07) is 20.4. The monoisotopic (exact) mass is 645 g/mol. The zero-order valence-electron chi connectivity index (χ0n) is 24.3. The van der Waals surface area contributed by atoms with Gasteiger partial charge in [0.1, 0.15) is 18.3 Å². The first kappa shape index (κ1) is 32.6. The molecule has 0 bridgehead atoms. The summed E-state index contributed by atoms with van der Waals surface area (Å²) in [5, 5.41) is 3.35. The van der Waals surface area contributed by atoms with Crippen molar-refractivity contribution in [3.8, 4) is 5.75 Å². The molecular formula is C32H37Cl2N3O5S. The van der Waals surface area contributed by atoms with Gasteiger partial charge in [-0.15, -0.1) is 0 Å². The van der Waals surface area contributed by atoms with E-state index in [-0.39, 0.29) is 40.6 Å². The lowest BCUT2D eigenvalue weighted by Gasteiger charge is -2.35. The van der Waals surface area contributed by atoms with Gasteiger partial charge in [0.25, 0.3) is 0 Å². The number of hydrogen-bond donors (Lipinski definition) is 1. The highest BCUT2D eigenvalue weighted by Gasteiger charge is 2.34. The fourth-order valence-electron chi connectivity index (χ4n) is 5.35. The highest BCUT2D eigenvalue weighted by atomic mass is 35.5. The molecule has 0 aliphatic heterocycles. The van der Waals surface area contributed by atoms with E-state index in [4.69, 9.17) is 27.9 Å². The van der Waals surface area contributed by atoms with Crippen LogP contribution in [0.25, 0.3) is 0 Å². The van der Waals surface area contributed by atoms with Crippen LogP contribution >= 0.6 is 23.2 Å². The predicted octanol–water partition coefficient (Wildman–Crippen LogP) is 5.86. The highest BCUT2D eigenvalue weighted by molar-refractivity contribution is 7.92. The average molecular weight is 647 g/mol. The Morgan fingerprint density at radius 1 is 0.953 bits per heavy atom. The molecule has 3 aromatic rings. The summed E-state index contributed by atoms with van der Waals surface area (Å²) in [5.74, 6) is -0.248. The van der Waals surface area contributed by atoms with E-state index in [0.717, 1.165) is 53.8 Å². The number of benzene rings is 3. The first-order valence-electron chi connectivity index (χ1n) is 14.2. The van der Waals surface area contributed by atoms with Gasteiger partial charge in [0.05, 0.1) is 29.1 Å². The number of hydrogen-bond acceptors (Lipinski definition) is 5. The Kier molecular flexibility index (Phi) is 11.3. The zero-order valence-corrected chi connectivity index (χ0v) is 26.7. The number of carbonyl (C=O) groups excluding carboxylic acids is 2. The van der Waals surface area contributed by atoms with Crippen LogP contribution in [0.4, 0.5) is 5.69 Å². The zero-order chi connectivity index (χ0) is 31.0. The van der Waals surface area contributed by atoms with E-state index < -0.39 is 28.5 Å². The Morgan fingerprint density at radius 3 is 2.30 bits per heavy atom. The van der Waals surface area contributed by atoms with Gasteiger partial charge in [0, 0.05) is 19.0 Å². The summed E-state index contributed by atoms with van der Waals surface area (Å²) in [6.45, 7) is -0.530. The Balaban J connectivity index is 1.75. The van der Waals surface area contributed by atoms with E-state index in [1.165, 1.54) is 17.0 Å². The van der Waals surface area contributed by atoms with Gasteiger partial charge in [0.15, 0.2) is 0 Å². The summed E-state index contributed by atoms with van der Waals surface area (Å²) in [5.41, 5.74) is 1.67. The second-order valence-corrected chi connectivity index (χ2v) is 13.5. The summed E-state index contributed by atoms with van der Waals surface area (Å²) < 4.78 is 32.3. The molecule has 1 unspecified atom stereocenters. The van der Waals surface area contributed by atoms with Crippen molar-refractivity contribution in [2.24, 2.45) is 0 Å². The SMILES string of the molecule is COc1cccc(CN(C(=O)CN(c2cccc(Cl)c2Cl)S(C)(=O)=O)C(Cc2ccccc2)C(=O)NC2CCCCC2)c1. The molecule has 1 saturated carbocycles. The van der Waals surface area contributed by atoms with Gasteiger partial charge >= 0.3 is 0 Å². The van der Waals surface area contributed by atoms with Gasteiger partial charge < -0.3 is 15.0 Å². The lowest BCUT2D eigenvalue weighted by Crippen LogP contribution is -2.55. The number of nitrogens with zero attached hydrogens (tertiary/aromatic N) is 2. The number of halogens is 2. The molecule has 0 heterocycles. The molecule has 2 amide bonds. The Hall–Kier alpha value is -3.27. The molecule has 3 aromatic carbocycles. The van der Waals surface area contributed by atoms with Crippen LogP contribution in [-0.4, -0.2) is 57.1 Å². The number of methoxy groups -OCH3 is 1. The van der Waals surface area contributed by atoms with Crippen LogP contribution in [0.3, 0.4) is 0 Å². The molecule has 43 heavy (non-hydrogen) atoms. The second kappa shape index (κ2) is 14.9. The normalized spacial score (nSPS) is 14.5. The summed E-state index contributed by atoms with van der Waals surface area (Å²) >= 11 is 12.6. The lowest BCUT2D eigenvalue weighted by atomic mass is 9.94. The fourth-order valence-corrected chi connectivity index (χ4v) is 6.65. The summed E-state index contributed by atoms with van der Waals surface area (Å²) in [7, 11) is -2.42. The molecule has 0 radical (unpaired) electrons. The molecule has 0 spiro atoms. The summed E-state index contributed by atoms with van der Waals surface area (Å²) in [4.78, 5) is 29.8. The third-order valence-corrected chi connectivity index (χ3v) is 9.52. The minimum atomic E-state index is -3.97. The van der Waals surface area contributed by atoms with Crippen LogP contribution in [0.2, 0.25) is 10.0 Å². The molecule has 1 N–H and O–H groups in total. The molecule has 230 valence electrons. The Bertz CT molecular complexity index is 1510. The molecule has 11 heteroatoms. The molecular weight excluding hydrogens is 609 g/mol. The lowest BCUT2D eigenvalue weighted by molar-refractivity contribution is -0.140. The highest BCUT2D eigenvalue weighted by Crippen LogP contribution is 2.34. The Morgan fingerprint density at radius 2 is 1.63 bits per heavy atom. The minimum absolute atomic E-state index is 0.0117. The maximum atomic E-state index is 14.3. The van der Waals surface area contributed by atoms with Crippen LogP contribution in [0, 0.1) is 0 Å². The quantitative estimate of drug-likeness (QED) is 0.266. The van der Waals surface area contributed by atoms with Crippen molar-refractivity contribution in [3.63, 3.8) is 0 Å². The van der Waals surface area contributed by atoms with Crippen molar-refractivity contribution in [2.75, 3.05) is 24.2 Å². The molecule has 1 fully saturated rings. The number of nitrogens with one attached hydrogen (secondary N) is 1. The molecule has 8 nitrogen and oxygen atoms in total. The summed E-state index contributed by atoms with van der Waals surface area (Å²) in [6.07, 6.45) is 6.20. The maximum absolute atomic E-state index is 14.3. The first-order chi connectivity index (χ1) is 20.6. The third-order valence-electron chi connectivity index (χ3n) is 7.59. The van der Waals surface area contributed by atoms with Crippen molar-refractivity contribution >= 4 is 50.7 Å². The van der Waals surface area contributed by atoms with Crippen molar-refractivity contribution in [1.29, 1.82) is 0 Å². The molecule has 0 saturated heterocycles. The van der Waals surface area contributed by atoms with E-state index in [9.17, 15) is 18.0 Å². The van der Waals surface area contributed by atoms with Crippen molar-refractivity contribution in [3.05, 3.63) is 94.0 Å². The molecule has 4 rings (SSSR count). The number of sulfonamides is 1. The topological polar surface area (TPSA) is 96.0 Å². The van der Waals surface area contributed by atoms with Gasteiger partial charge in [-0.05, 0) is 48.2 Å². The van der Waals surface area contributed by atoms with Crippen LogP contribution in [0.1, 0.15) is 43.2 Å². The standard InChI is InChI=1S/C32H37Cl2N3O5S/c1-42-26-16-9-13-24(19-26)21-36(30(38)22-37(43(2,40)41)28-18-10-17-27(33)31(28)34)29(20-23-11-5-3-6-12-23)32(39)35-25-14-7-4-8-15-25/h3,5-6,9-13,16-19,25,29H,4,7-8,14-15,20-22H2,1-2H3,(H,35,39). The predicted molar refractivity (Wildman–Crippen MR) is 171 cm³/mol. The van der Waals surface area contributed by atoms with Crippen LogP contribution < -0.4 is 14.4 Å². The van der Waals surface area contributed by atoms with Crippen LogP contribution in [0.5, 0.6) is 5.75 Å². The first-order valence-corrected chi connectivity index (χ1v) is 16.9. The Labute approximate surface area is 264 Å². The van der Waals surface area contributed by atoms with E-state index in [0.29, 0.717) is 5.75 Å². The van der Waals surface area contributed by atoms with Crippen molar-refractivity contribution < 1.29 is 22.7 Å². The van der Waals surface area contributed by atoms with E-state index in [2.05, 4.69) is 5.32 Å². The number of carbonyl (C=O) groups is 2. The molecule has 0 aromatic heterocycles. The molecule has 1 aliphatic rings. The maximum Gasteiger partial charge on any atom is 0.244 e. The number of rotatable bonds is 12. The fraction of sp³-hybridized carbons (Fsp3) is 0.375. The largest absolute Gasteiger partial charge is 0.497 e. The number of amides is 2. The van der Waals surface area contributed by atoms with E-state index in [1.807, 2.05) is 36.4 Å². The van der Waals surface area contributed by atoms with E-state index in [1.54, 1.807) is 31.4 Å². The number of ether oxygens (including phenoxy) is 1. The smallest absolute Gasteiger partial charge is 0.244 e. The minimum Gasteiger partial charge on any atom is -0.497 e. The average Bonchev–Trinajstić information content (AvgIpc) is 2.99. The van der Waals surface area contributed by atoms with Gasteiger partial charge in [-0.25, -0.2) is 8.42 Å². The van der Waals surface area contributed by atoms with Gasteiger partial charge in [-0.1, -0.05) is 91.0 Å². The van der Waals surface area contributed by atoms with Gasteiger partial charge in [0.2, 0.25) is 21.8 Å². The van der Waals surface area contributed by atoms with E-state index >= 15 is 0 Å². The second-order valence-electron chi connectivity index (χ2n) is 10.8. The van der Waals surface area contributed by atoms with Crippen molar-refractivity contribution in [1.82, 2.24) is 10.2 Å². The number of anilines is 1. The molecule has 1 aliphatic carbocycles. The van der Waals surface area contributed by atoms with Gasteiger partial charge in [-0.3, -0.25) is 13.9 Å².